The third kappa shape index (κ3) is 3.82. The number of piperazine rings is 1. The van der Waals surface area contributed by atoms with Crippen molar-refractivity contribution in [2.24, 2.45) is 0 Å². The van der Waals surface area contributed by atoms with Crippen molar-refractivity contribution < 1.29 is 18.0 Å². The normalized spacial score (nSPS) is 15.0. The van der Waals surface area contributed by atoms with Crippen LogP contribution in [-0.4, -0.2) is 56.7 Å². The average molecular weight is 422 g/mol. The summed E-state index contributed by atoms with van der Waals surface area (Å²) in [5.74, 6) is 0.0718. The summed E-state index contributed by atoms with van der Waals surface area (Å²) in [4.78, 5) is 24.9. The van der Waals surface area contributed by atoms with Crippen LogP contribution in [0.4, 0.5) is 18.3 Å². The van der Waals surface area contributed by atoms with Crippen molar-refractivity contribution in [2.45, 2.75) is 13.1 Å². The molecule has 1 amide bonds. The van der Waals surface area contributed by atoms with Gasteiger partial charge in [0.05, 0.1) is 23.0 Å². The second-order valence-electron chi connectivity index (χ2n) is 6.55. The van der Waals surface area contributed by atoms with Crippen molar-refractivity contribution in [3.8, 4) is 5.82 Å². The molecule has 0 radical (unpaired) electrons. The van der Waals surface area contributed by atoms with Crippen molar-refractivity contribution in [1.29, 1.82) is 0 Å². The number of pyridine rings is 1. The molecule has 4 rings (SSSR count). The van der Waals surface area contributed by atoms with Gasteiger partial charge in [-0.15, -0.1) is 11.3 Å². The molecule has 0 saturated carbocycles. The quantitative estimate of drug-likeness (QED) is 0.649. The molecule has 152 valence electrons. The Balaban J connectivity index is 1.48. The molecule has 0 aliphatic carbocycles. The van der Waals surface area contributed by atoms with Crippen LogP contribution in [0.5, 0.6) is 0 Å². The molecule has 7 nitrogen and oxygen atoms in total. The minimum Gasteiger partial charge on any atom is -0.345 e. The largest absolute Gasteiger partial charge is 0.417 e. The number of hydrogen-bond donors (Lipinski definition) is 0. The van der Waals surface area contributed by atoms with Gasteiger partial charge in [0, 0.05) is 44.0 Å². The minimum atomic E-state index is -4.45. The summed E-state index contributed by atoms with van der Waals surface area (Å²) >= 11 is 1.56. The second-order valence-corrected chi connectivity index (χ2v) is 7.43. The van der Waals surface area contributed by atoms with Crippen LogP contribution in [-0.2, 0) is 6.18 Å². The number of anilines is 1. The Hall–Kier alpha value is -2.95. The van der Waals surface area contributed by atoms with Gasteiger partial charge in [-0.2, -0.15) is 18.3 Å². The smallest absolute Gasteiger partial charge is 0.345 e. The summed E-state index contributed by atoms with van der Waals surface area (Å²) in [7, 11) is 0. The summed E-state index contributed by atoms with van der Waals surface area (Å²) in [6, 6.07) is 2.19. The number of carbonyl (C=O) groups is 1. The maximum Gasteiger partial charge on any atom is 0.417 e. The number of nitrogens with zero attached hydrogens (tertiary/aromatic N) is 6. The molecule has 1 fully saturated rings. The van der Waals surface area contributed by atoms with Crippen LogP contribution in [0.15, 0.2) is 36.1 Å². The van der Waals surface area contributed by atoms with E-state index in [-0.39, 0.29) is 11.7 Å². The van der Waals surface area contributed by atoms with Gasteiger partial charge in [-0.1, -0.05) is 0 Å². The van der Waals surface area contributed by atoms with Crippen LogP contribution in [0.3, 0.4) is 0 Å². The fraction of sp³-hybridized carbons (Fsp3) is 0.333. The topological polar surface area (TPSA) is 67.2 Å². The Kier molecular flexibility index (Phi) is 4.99. The minimum absolute atomic E-state index is 0.153. The first kappa shape index (κ1) is 19.4. The van der Waals surface area contributed by atoms with Crippen molar-refractivity contribution in [3.05, 3.63) is 52.9 Å². The van der Waals surface area contributed by atoms with E-state index in [9.17, 15) is 18.0 Å². The first-order chi connectivity index (χ1) is 13.8. The maximum absolute atomic E-state index is 12.9. The zero-order chi connectivity index (χ0) is 20.6. The Labute approximate surface area is 168 Å². The Morgan fingerprint density at radius 2 is 1.86 bits per heavy atom. The molecule has 0 spiro atoms. The molecule has 0 unspecified atom stereocenters. The molecular weight excluding hydrogens is 405 g/mol. The highest BCUT2D eigenvalue weighted by Crippen LogP contribution is 2.29. The Morgan fingerprint density at radius 3 is 2.45 bits per heavy atom. The van der Waals surface area contributed by atoms with Crippen LogP contribution in [0, 0.1) is 6.92 Å². The van der Waals surface area contributed by atoms with Gasteiger partial charge in [0.25, 0.3) is 5.91 Å². The van der Waals surface area contributed by atoms with Gasteiger partial charge in [-0.05, 0) is 19.1 Å². The molecule has 1 aliphatic rings. The van der Waals surface area contributed by atoms with Crippen LogP contribution in [0.25, 0.3) is 5.82 Å². The van der Waals surface area contributed by atoms with E-state index >= 15 is 0 Å². The van der Waals surface area contributed by atoms with E-state index in [1.54, 1.807) is 29.4 Å². The van der Waals surface area contributed by atoms with Gasteiger partial charge < -0.3 is 9.80 Å². The highest BCUT2D eigenvalue weighted by atomic mass is 32.1. The van der Waals surface area contributed by atoms with Crippen molar-refractivity contribution in [3.63, 3.8) is 0 Å². The standard InChI is InChI=1S/C18H17F3N6OS/c1-12-14(11-24-27(12)15-3-2-13(10-23-15)18(19,20)21)16(28)25-5-7-26(8-6-25)17-22-4-9-29-17/h2-4,9-11H,5-8H2,1H3. The summed E-state index contributed by atoms with van der Waals surface area (Å²) < 4.78 is 39.5. The molecule has 11 heteroatoms. The van der Waals surface area contributed by atoms with E-state index in [1.807, 2.05) is 5.38 Å². The zero-order valence-corrected chi connectivity index (χ0v) is 16.2. The lowest BCUT2D eigenvalue weighted by molar-refractivity contribution is -0.137. The van der Waals surface area contributed by atoms with Gasteiger partial charge in [0.2, 0.25) is 0 Å². The molecule has 0 aromatic carbocycles. The molecule has 29 heavy (non-hydrogen) atoms. The first-order valence-corrected chi connectivity index (χ1v) is 9.74. The fourth-order valence-electron chi connectivity index (χ4n) is 3.17. The summed E-state index contributed by atoms with van der Waals surface area (Å²) in [5.41, 5.74) is 0.111. The number of aromatic nitrogens is 4. The van der Waals surface area contributed by atoms with Gasteiger partial charge in [-0.3, -0.25) is 4.79 Å². The molecule has 0 bridgehead atoms. The monoisotopic (exact) mass is 422 g/mol. The number of alkyl halides is 3. The number of thiazole rings is 1. The second kappa shape index (κ2) is 7.47. The summed E-state index contributed by atoms with van der Waals surface area (Å²) in [5, 5.41) is 7.01. The summed E-state index contributed by atoms with van der Waals surface area (Å²) in [6.45, 7) is 4.19. The van der Waals surface area contributed by atoms with Gasteiger partial charge in [0.1, 0.15) is 0 Å². The highest BCUT2D eigenvalue weighted by molar-refractivity contribution is 7.13. The number of rotatable bonds is 3. The van der Waals surface area contributed by atoms with Crippen LogP contribution in [0.2, 0.25) is 0 Å². The highest BCUT2D eigenvalue weighted by Gasteiger charge is 2.31. The van der Waals surface area contributed by atoms with E-state index in [0.717, 1.165) is 17.4 Å². The number of carbonyl (C=O) groups excluding carboxylic acids is 1. The molecule has 1 saturated heterocycles. The SMILES string of the molecule is Cc1c(C(=O)N2CCN(c3nccs3)CC2)cnn1-c1ccc(C(F)(F)F)cn1. The molecule has 3 aromatic rings. The van der Waals surface area contributed by atoms with E-state index in [0.29, 0.717) is 37.4 Å². The molecule has 3 aromatic heterocycles. The fourth-order valence-corrected chi connectivity index (χ4v) is 3.87. The predicted molar refractivity (Wildman–Crippen MR) is 101 cm³/mol. The predicted octanol–water partition coefficient (Wildman–Crippen LogP) is 3.01. The van der Waals surface area contributed by atoms with Crippen molar-refractivity contribution in [2.75, 3.05) is 31.1 Å². The summed E-state index contributed by atoms with van der Waals surface area (Å²) in [6.07, 6.45) is -0.503. The van der Waals surface area contributed by atoms with Crippen LogP contribution >= 0.6 is 11.3 Å². The van der Waals surface area contributed by atoms with Crippen LogP contribution in [0.1, 0.15) is 21.6 Å². The van der Waals surface area contributed by atoms with E-state index in [2.05, 4.69) is 20.0 Å². The number of hydrogen-bond acceptors (Lipinski definition) is 6. The first-order valence-electron chi connectivity index (χ1n) is 8.86. The Morgan fingerprint density at radius 1 is 1.10 bits per heavy atom. The molecule has 4 heterocycles. The zero-order valence-electron chi connectivity index (χ0n) is 15.4. The molecule has 0 atom stereocenters. The van der Waals surface area contributed by atoms with Gasteiger partial charge in [0.15, 0.2) is 10.9 Å². The third-order valence-electron chi connectivity index (χ3n) is 4.79. The van der Waals surface area contributed by atoms with Gasteiger partial charge in [-0.25, -0.2) is 14.6 Å². The van der Waals surface area contributed by atoms with Crippen molar-refractivity contribution in [1.82, 2.24) is 24.6 Å². The lowest BCUT2D eigenvalue weighted by Gasteiger charge is -2.34. The number of halogens is 3. The van der Waals surface area contributed by atoms with Crippen LogP contribution < -0.4 is 4.90 Å². The average Bonchev–Trinajstić information content (AvgIpc) is 3.37. The van der Waals surface area contributed by atoms with Gasteiger partial charge >= 0.3 is 6.18 Å². The van der Waals surface area contributed by atoms with E-state index in [1.165, 1.54) is 16.9 Å². The van der Waals surface area contributed by atoms with E-state index in [4.69, 9.17) is 0 Å². The lowest BCUT2D eigenvalue weighted by atomic mass is 10.2. The maximum atomic E-state index is 12.9. The molecular formula is C18H17F3N6OS. The molecule has 1 aliphatic heterocycles. The van der Waals surface area contributed by atoms with Crippen molar-refractivity contribution >= 4 is 22.4 Å². The van der Waals surface area contributed by atoms with E-state index < -0.39 is 11.7 Å². The Bertz CT molecular complexity index is 992. The third-order valence-corrected chi connectivity index (χ3v) is 5.62. The lowest BCUT2D eigenvalue weighted by Crippen LogP contribution is -2.48. The molecule has 0 N–H and O–H groups in total. The number of amides is 1.